The summed E-state index contributed by atoms with van der Waals surface area (Å²) >= 11 is 0. The van der Waals surface area contributed by atoms with E-state index in [4.69, 9.17) is 4.74 Å². The van der Waals surface area contributed by atoms with E-state index in [2.05, 4.69) is 18.8 Å². The van der Waals surface area contributed by atoms with E-state index in [1.54, 1.807) is 37.7 Å². The van der Waals surface area contributed by atoms with Crippen molar-refractivity contribution in [1.29, 1.82) is 0 Å². The fourth-order valence-corrected chi connectivity index (χ4v) is 3.07. The van der Waals surface area contributed by atoms with Gasteiger partial charge in [-0.25, -0.2) is 4.98 Å². The number of amides is 1. The molecule has 146 valence electrons. The largest absolute Gasteiger partial charge is 0.497 e. The van der Waals surface area contributed by atoms with Crippen molar-refractivity contribution in [3.8, 4) is 5.75 Å². The van der Waals surface area contributed by atoms with Crippen molar-refractivity contribution in [2.75, 3.05) is 13.7 Å². The van der Waals surface area contributed by atoms with Gasteiger partial charge in [-0.1, -0.05) is 12.1 Å². The quantitative estimate of drug-likeness (QED) is 0.678. The van der Waals surface area contributed by atoms with Crippen molar-refractivity contribution in [1.82, 2.24) is 14.5 Å². The van der Waals surface area contributed by atoms with Crippen molar-refractivity contribution >= 4 is 22.9 Å². The summed E-state index contributed by atoms with van der Waals surface area (Å²) in [6.45, 7) is 3.92. The Morgan fingerprint density at radius 2 is 1.89 bits per heavy atom. The lowest BCUT2D eigenvalue weighted by atomic mass is 10.1. The van der Waals surface area contributed by atoms with E-state index in [-0.39, 0.29) is 25.0 Å². The van der Waals surface area contributed by atoms with E-state index in [0.29, 0.717) is 16.8 Å². The highest BCUT2D eigenvalue weighted by Gasteiger charge is 2.20. The Balaban J connectivity index is 1.87. The molecule has 0 bridgehead atoms. The van der Waals surface area contributed by atoms with Gasteiger partial charge in [0.2, 0.25) is 0 Å². The van der Waals surface area contributed by atoms with Gasteiger partial charge in [-0.2, -0.15) is 0 Å². The van der Waals surface area contributed by atoms with Gasteiger partial charge in [0.25, 0.3) is 5.91 Å². The molecule has 3 rings (SSSR count). The van der Waals surface area contributed by atoms with Crippen LogP contribution < -0.4 is 4.74 Å². The van der Waals surface area contributed by atoms with Gasteiger partial charge in [-0.05, 0) is 49.7 Å². The summed E-state index contributed by atoms with van der Waals surface area (Å²) in [5, 5.41) is 9.25. The highest BCUT2D eigenvalue weighted by atomic mass is 16.5. The number of fused-ring (bicyclic) bond motifs is 1. The predicted octanol–water partition coefficient (Wildman–Crippen LogP) is 3.35. The minimum absolute atomic E-state index is 0.188. The Hall–Kier alpha value is -3.35. The van der Waals surface area contributed by atoms with Crippen LogP contribution in [0, 0.1) is 0 Å². The molecule has 28 heavy (non-hydrogen) atoms. The number of methoxy groups -OCH3 is 1. The van der Waals surface area contributed by atoms with E-state index >= 15 is 0 Å². The third kappa shape index (κ3) is 4.14. The SMILES string of the molecule is COc1ccc(CN(CC(=O)O)C(=O)c2ccc3c(c2)ncn3C(C)C)cc1. The Bertz CT molecular complexity index is 993. The highest BCUT2D eigenvalue weighted by molar-refractivity contribution is 5.98. The van der Waals surface area contributed by atoms with Crippen molar-refractivity contribution in [3.63, 3.8) is 0 Å². The standard InChI is InChI=1S/C21H23N3O4/c1-14(2)24-13-22-18-10-16(6-9-19(18)24)21(27)23(12-20(25)26)11-15-4-7-17(28-3)8-5-15/h4-10,13-14H,11-12H2,1-3H3,(H,25,26). The number of ether oxygens (including phenoxy) is 1. The maximum atomic E-state index is 13.0. The molecule has 1 N–H and O–H groups in total. The van der Waals surface area contributed by atoms with E-state index in [1.807, 2.05) is 22.8 Å². The number of carbonyl (C=O) groups excluding carboxylic acids is 1. The first kappa shape index (κ1) is 19.4. The summed E-state index contributed by atoms with van der Waals surface area (Å²) in [5.74, 6) is -0.711. The molecule has 7 heteroatoms. The van der Waals surface area contributed by atoms with Crippen molar-refractivity contribution < 1.29 is 19.4 Å². The first-order valence-corrected chi connectivity index (χ1v) is 8.99. The average Bonchev–Trinajstić information content (AvgIpc) is 3.10. The minimum Gasteiger partial charge on any atom is -0.497 e. The summed E-state index contributed by atoms with van der Waals surface area (Å²) in [6.07, 6.45) is 1.75. The fourth-order valence-electron chi connectivity index (χ4n) is 3.07. The monoisotopic (exact) mass is 381 g/mol. The molecule has 1 aromatic heterocycles. The lowest BCUT2D eigenvalue weighted by Gasteiger charge is -2.21. The number of carboxylic acids is 1. The van der Waals surface area contributed by atoms with Crippen molar-refractivity contribution in [2.24, 2.45) is 0 Å². The molecule has 0 saturated carbocycles. The number of nitrogens with zero attached hydrogens (tertiary/aromatic N) is 3. The third-order valence-electron chi connectivity index (χ3n) is 4.52. The van der Waals surface area contributed by atoms with E-state index < -0.39 is 5.97 Å². The molecule has 7 nitrogen and oxygen atoms in total. The summed E-state index contributed by atoms with van der Waals surface area (Å²) < 4.78 is 7.16. The van der Waals surface area contributed by atoms with Crippen LogP contribution in [0.4, 0.5) is 0 Å². The average molecular weight is 381 g/mol. The molecule has 0 aliphatic carbocycles. The molecule has 0 spiro atoms. The van der Waals surface area contributed by atoms with Gasteiger partial charge in [-0.15, -0.1) is 0 Å². The highest BCUT2D eigenvalue weighted by Crippen LogP contribution is 2.20. The molecule has 0 aliphatic heterocycles. The van der Waals surface area contributed by atoms with Crippen LogP contribution in [0.15, 0.2) is 48.8 Å². The summed E-state index contributed by atoms with van der Waals surface area (Å²) in [4.78, 5) is 30.0. The molecule has 0 saturated heterocycles. The smallest absolute Gasteiger partial charge is 0.323 e. The first-order valence-electron chi connectivity index (χ1n) is 8.99. The van der Waals surface area contributed by atoms with Crippen LogP contribution in [0.3, 0.4) is 0 Å². The number of aliphatic carboxylic acids is 1. The number of carbonyl (C=O) groups is 2. The number of imidazole rings is 1. The van der Waals surface area contributed by atoms with E-state index in [1.165, 1.54) is 4.90 Å². The Morgan fingerprint density at radius 1 is 1.18 bits per heavy atom. The Morgan fingerprint density at radius 3 is 2.50 bits per heavy atom. The van der Waals surface area contributed by atoms with Crippen molar-refractivity contribution in [2.45, 2.75) is 26.4 Å². The van der Waals surface area contributed by atoms with Gasteiger partial charge in [0, 0.05) is 18.2 Å². The fraction of sp³-hybridized carbons (Fsp3) is 0.286. The molecular formula is C21H23N3O4. The van der Waals surface area contributed by atoms with Crippen LogP contribution in [-0.2, 0) is 11.3 Å². The molecule has 3 aromatic rings. The van der Waals surface area contributed by atoms with Gasteiger partial charge < -0.3 is 19.3 Å². The van der Waals surface area contributed by atoms with Crippen LogP contribution in [0.2, 0.25) is 0 Å². The third-order valence-corrected chi connectivity index (χ3v) is 4.52. The predicted molar refractivity (Wildman–Crippen MR) is 105 cm³/mol. The molecular weight excluding hydrogens is 358 g/mol. The van der Waals surface area contributed by atoms with Crippen LogP contribution in [0.1, 0.15) is 35.8 Å². The molecule has 0 aliphatic rings. The number of benzene rings is 2. The lowest BCUT2D eigenvalue weighted by Crippen LogP contribution is -2.35. The molecule has 1 heterocycles. The minimum atomic E-state index is -1.06. The van der Waals surface area contributed by atoms with Crippen molar-refractivity contribution in [3.05, 3.63) is 59.9 Å². The number of rotatable bonds is 7. The van der Waals surface area contributed by atoms with Crippen LogP contribution >= 0.6 is 0 Å². The normalized spacial score (nSPS) is 11.0. The second kappa shape index (κ2) is 8.12. The summed E-state index contributed by atoms with van der Waals surface area (Å²) in [6, 6.07) is 12.7. The van der Waals surface area contributed by atoms with Gasteiger partial charge in [-0.3, -0.25) is 9.59 Å². The second-order valence-corrected chi connectivity index (χ2v) is 6.85. The molecule has 0 unspecified atom stereocenters. The molecule has 2 aromatic carbocycles. The first-order chi connectivity index (χ1) is 13.4. The van der Waals surface area contributed by atoms with Gasteiger partial charge in [0.1, 0.15) is 12.3 Å². The van der Waals surface area contributed by atoms with Gasteiger partial charge in [0.15, 0.2) is 0 Å². The Kier molecular flexibility index (Phi) is 5.63. The zero-order valence-electron chi connectivity index (χ0n) is 16.1. The number of hydrogen-bond acceptors (Lipinski definition) is 4. The molecule has 0 atom stereocenters. The lowest BCUT2D eigenvalue weighted by molar-refractivity contribution is -0.137. The Labute approximate surface area is 163 Å². The molecule has 0 fully saturated rings. The van der Waals surface area contributed by atoms with E-state index in [9.17, 15) is 14.7 Å². The summed E-state index contributed by atoms with van der Waals surface area (Å²) in [5.41, 5.74) is 2.88. The van der Waals surface area contributed by atoms with Gasteiger partial charge in [0.05, 0.1) is 24.5 Å². The maximum absolute atomic E-state index is 13.0. The van der Waals surface area contributed by atoms with Crippen LogP contribution in [0.25, 0.3) is 11.0 Å². The molecule has 0 radical (unpaired) electrons. The van der Waals surface area contributed by atoms with E-state index in [0.717, 1.165) is 11.1 Å². The van der Waals surface area contributed by atoms with Crippen LogP contribution in [-0.4, -0.2) is 45.1 Å². The van der Waals surface area contributed by atoms with Gasteiger partial charge >= 0.3 is 5.97 Å². The maximum Gasteiger partial charge on any atom is 0.323 e. The second-order valence-electron chi connectivity index (χ2n) is 6.85. The topological polar surface area (TPSA) is 84.7 Å². The van der Waals surface area contributed by atoms with Crippen LogP contribution in [0.5, 0.6) is 5.75 Å². The number of hydrogen-bond donors (Lipinski definition) is 1. The zero-order valence-corrected chi connectivity index (χ0v) is 16.1. The zero-order chi connectivity index (χ0) is 20.3. The number of aromatic nitrogens is 2. The number of carboxylic acid groups (broad SMARTS) is 1. The summed E-state index contributed by atoms with van der Waals surface area (Å²) in [7, 11) is 1.58. The molecule has 1 amide bonds.